The van der Waals surface area contributed by atoms with Crippen LogP contribution in [0.4, 0.5) is 0 Å². The van der Waals surface area contributed by atoms with E-state index in [4.69, 9.17) is 4.74 Å². The van der Waals surface area contributed by atoms with Gasteiger partial charge in [0.15, 0.2) is 0 Å². The summed E-state index contributed by atoms with van der Waals surface area (Å²) in [6.45, 7) is 3.76. The van der Waals surface area contributed by atoms with Crippen molar-refractivity contribution in [3.05, 3.63) is 58.2 Å². The molecule has 0 atom stereocenters. The van der Waals surface area contributed by atoms with Crippen LogP contribution in [0.25, 0.3) is 5.65 Å². The molecule has 3 heterocycles. The minimum Gasteiger partial charge on any atom is -0.383 e. The van der Waals surface area contributed by atoms with E-state index in [-0.39, 0.29) is 5.91 Å². The van der Waals surface area contributed by atoms with E-state index in [1.54, 1.807) is 24.6 Å². The Balaban J connectivity index is 1.77. The maximum absolute atomic E-state index is 12.8. The van der Waals surface area contributed by atoms with Gasteiger partial charge in [-0.1, -0.05) is 12.1 Å². The lowest BCUT2D eigenvalue weighted by Gasteiger charge is -2.21. The van der Waals surface area contributed by atoms with E-state index >= 15 is 0 Å². The summed E-state index contributed by atoms with van der Waals surface area (Å²) < 4.78 is 7.15. The lowest BCUT2D eigenvalue weighted by Crippen LogP contribution is -2.34. The second kappa shape index (κ2) is 7.59. The van der Waals surface area contributed by atoms with Gasteiger partial charge in [0.05, 0.1) is 25.3 Å². The van der Waals surface area contributed by atoms with Crippen molar-refractivity contribution in [2.45, 2.75) is 19.9 Å². The smallest absolute Gasteiger partial charge is 0.228 e. The van der Waals surface area contributed by atoms with Gasteiger partial charge in [0.2, 0.25) is 5.91 Å². The van der Waals surface area contributed by atoms with Crippen LogP contribution >= 0.6 is 11.3 Å². The molecule has 3 aromatic heterocycles. The third kappa shape index (κ3) is 3.66. The fraction of sp³-hybridized carbons (Fsp3) is 0.333. The molecule has 126 valence electrons. The van der Waals surface area contributed by atoms with Crippen molar-refractivity contribution >= 4 is 22.9 Å². The van der Waals surface area contributed by atoms with Crippen LogP contribution in [0.1, 0.15) is 16.1 Å². The number of carbonyl (C=O) groups excluding carboxylic acids is 1. The molecular formula is C18H21N3O2S. The van der Waals surface area contributed by atoms with E-state index in [9.17, 15) is 4.79 Å². The number of thiophene rings is 1. The molecule has 6 heteroatoms. The Hall–Kier alpha value is -2.18. The number of carbonyl (C=O) groups is 1. The van der Waals surface area contributed by atoms with Gasteiger partial charge in [-0.05, 0) is 30.0 Å². The minimum atomic E-state index is 0.0868. The molecule has 5 nitrogen and oxygen atoms in total. The zero-order chi connectivity index (χ0) is 16.9. The Bertz CT molecular complexity index is 811. The molecule has 0 fully saturated rings. The largest absolute Gasteiger partial charge is 0.383 e. The highest BCUT2D eigenvalue weighted by Gasteiger charge is 2.17. The second-order valence-electron chi connectivity index (χ2n) is 5.70. The molecule has 0 N–H and O–H groups in total. The first kappa shape index (κ1) is 16.7. The molecule has 0 unspecified atom stereocenters. The summed E-state index contributed by atoms with van der Waals surface area (Å²) in [5.74, 6) is 0.0868. The van der Waals surface area contributed by atoms with E-state index in [1.807, 2.05) is 46.0 Å². The predicted octanol–water partition coefficient (Wildman–Crippen LogP) is 2.92. The fourth-order valence-electron chi connectivity index (χ4n) is 2.68. The molecule has 3 rings (SSSR count). The van der Waals surface area contributed by atoms with E-state index in [0.29, 0.717) is 26.1 Å². The van der Waals surface area contributed by atoms with Gasteiger partial charge in [-0.2, -0.15) is 0 Å². The van der Waals surface area contributed by atoms with Gasteiger partial charge < -0.3 is 14.0 Å². The van der Waals surface area contributed by atoms with Gasteiger partial charge in [-0.25, -0.2) is 4.98 Å². The van der Waals surface area contributed by atoms with Gasteiger partial charge in [-0.3, -0.25) is 4.79 Å². The zero-order valence-corrected chi connectivity index (χ0v) is 14.8. The van der Waals surface area contributed by atoms with Crippen LogP contribution in [0.5, 0.6) is 0 Å². The first-order chi connectivity index (χ1) is 11.7. The van der Waals surface area contributed by atoms with Crippen molar-refractivity contribution in [3.63, 3.8) is 0 Å². The van der Waals surface area contributed by atoms with E-state index in [2.05, 4.69) is 11.1 Å². The van der Waals surface area contributed by atoms with E-state index in [1.165, 1.54) is 4.88 Å². The summed E-state index contributed by atoms with van der Waals surface area (Å²) in [4.78, 5) is 20.3. The maximum atomic E-state index is 12.8. The lowest BCUT2D eigenvalue weighted by molar-refractivity contribution is -0.131. The Labute approximate surface area is 145 Å². The van der Waals surface area contributed by atoms with Gasteiger partial charge in [0, 0.05) is 30.9 Å². The molecule has 0 bridgehead atoms. The van der Waals surface area contributed by atoms with Crippen LogP contribution in [0.3, 0.4) is 0 Å². The first-order valence-electron chi connectivity index (χ1n) is 7.89. The average Bonchev–Trinajstić information content (AvgIpc) is 3.22. The number of ether oxygens (including phenoxy) is 1. The van der Waals surface area contributed by atoms with Gasteiger partial charge in [0.25, 0.3) is 0 Å². The Kier molecular flexibility index (Phi) is 5.27. The monoisotopic (exact) mass is 343 g/mol. The second-order valence-corrected chi connectivity index (χ2v) is 6.73. The van der Waals surface area contributed by atoms with Crippen LogP contribution in [-0.2, 0) is 22.5 Å². The Morgan fingerprint density at radius 3 is 3.00 bits per heavy atom. The molecule has 3 aromatic rings. The molecule has 0 spiro atoms. The van der Waals surface area contributed by atoms with E-state index < -0.39 is 0 Å². The summed E-state index contributed by atoms with van der Waals surface area (Å²) in [7, 11) is 1.65. The summed E-state index contributed by atoms with van der Waals surface area (Å²) in [5.41, 5.74) is 2.92. The number of pyridine rings is 1. The van der Waals surface area contributed by atoms with Crippen LogP contribution in [0, 0.1) is 6.92 Å². The minimum absolute atomic E-state index is 0.0868. The highest BCUT2D eigenvalue weighted by molar-refractivity contribution is 7.09. The van der Waals surface area contributed by atoms with Crippen LogP contribution in [0.2, 0.25) is 0 Å². The number of amides is 1. The predicted molar refractivity (Wildman–Crippen MR) is 95.2 cm³/mol. The SMILES string of the molecule is COCCN(Cc1cccs1)C(=O)Cc1cnc2c(C)cccn12. The van der Waals surface area contributed by atoms with Crippen molar-refractivity contribution in [1.82, 2.24) is 14.3 Å². The van der Waals surface area contributed by atoms with Crippen molar-refractivity contribution in [3.8, 4) is 0 Å². The molecular weight excluding hydrogens is 322 g/mol. The Morgan fingerprint density at radius 1 is 1.38 bits per heavy atom. The van der Waals surface area contributed by atoms with Crippen molar-refractivity contribution < 1.29 is 9.53 Å². The van der Waals surface area contributed by atoms with Crippen molar-refractivity contribution in [1.29, 1.82) is 0 Å². The van der Waals surface area contributed by atoms with Crippen molar-refractivity contribution in [2.24, 2.45) is 0 Å². The number of aromatic nitrogens is 2. The van der Waals surface area contributed by atoms with Gasteiger partial charge in [0.1, 0.15) is 5.65 Å². The molecule has 0 saturated heterocycles. The molecule has 0 aliphatic heterocycles. The van der Waals surface area contributed by atoms with E-state index in [0.717, 1.165) is 16.9 Å². The fourth-order valence-corrected chi connectivity index (χ4v) is 3.40. The third-order valence-corrected chi connectivity index (χ3v) is 4.85. The van der Waals surface area contributed by atoms with Gasteiger partial charge in [-0.15, -0.1) is 11.3 Å². The first-order valence-corrected chi connectivity index (χ1v) is 8.77. The average molecular weight is 343 g/mol. The highest BCUT2D eigenvalue weighted by Crippen LogP contribution is 2.15. The summed E-state index contributed by atoms with van der Waals surface area (Å²) >= 11 is 1.66. The molecule has 1 amide bonds. The van der Waals surface area contributed by atoms with Crippen LogP contribution < -0.4 is 0 Å². The topological polar surface area (TPSA) is 46.8 Å². The number of rotatable bonds is 7. The van der Waals surface area contributed by atoms with Crippen LogP contribution in [-0.4, -0.2) is 40.5 Å². The number of hydrogen-bond acceptors (Lipinski definition) is 4. The summed E-state index contributed by atoms with van der Waals surface area (Å²) in [5, 5.41) is 2.03. The quantitative estimate of drug-likeness (QED) is 0.663. The van der Waals surface area contributed by atoms with Crippen LogP contribution in [0.15, 0.2) is 42.0 Å². The van der Waals surface area contributed by atoms with Gasteiger partial charge >= 0.3 is 0 Å². The number of fused-ring (bicyclic) bond motifs is 1. The summed E-state index contributed by atoms with van der Waals surface area (Å²) in [6.07, 6.45) is 4.08. The number of nitrogens with zero attached hydrogens (tertiary/aromatic N) is 3. The molecule has 0 saturated carbocycles. The lowest BCUT2D eigenvalue weighted by atomic mass is 10.2. The highest BCUT2D eigenvalue weighted by atomic mass is 32.1. The number of aryl methyl sites for hydroxylation is 1. The van der Waals surface area contributed by atoms with Crippen molar-refractivity contribution in [2.75, 3.05) is 20.3 Å². The zero-order valence-electron chi connectivity index (χ0n) is 13.9. The molecule has 24 heavy (non-hydrogen) atoms. The number of hydrogen-bond donors (Lipinski definition) is 0. The molecule has 0 radical (unpaired) electrons. The molecule has 0 aliphatic rings. The number of methoxy groups -OCH3 is 1. The normalized spacial score (nSPS) is 11.1. The molecule has 0 aromatic carbocycles. The number of imidazole rings is 1. The standard InChI is InChI=1S/C18H21N3O2S/c1-14-5-3-7-21-15(12-19-18(14)21)11-17(22)20(8-9-23-2)13-16-6-4-10-24-16/h3-7,10,12H,8-9,11,13H2,1-2H3. The maximum Gasteiger partial charge on any atom is 0.228 e. The third-order valence-electron chi connectivity index (χ3n) is 3.98. The summed E-state index contributed by atoms with van der Waals surface area (Å²) in [6, 6.07) is 8.06. The molecule has 0 aliphatic carbocycles. The Morgan fingerprint density at radius 2 is 2.25 bits per heavy atom.